The van der Waals surface area contributed by atoms with Crippen LogP contribution in [0.1, 0.15) is 12.5 Å². The monoisotopic (exact) mass is 278 g/mol. The van der Waals surface area contributed by atoms with E-state index in [1.165, 1.54) is 5.56 Å². The molecule has 1 aromatic rings. The van der Waals surface area contributed by atoms with E-state index in [4.69, 9.17) is 0 Å². The Morgan fingerprint density at radius 3 is 2.47 bits per heavy atom. The molecule has 1 amide bonds. The number of benzene rings is 1. The maximum Gasteiger partial charge on any atom is 0.219 e. The minimum absolute atomic E-state index is 0.207. The summed E-state index contributed by atoms with van der Waals surface area (Å²) in [5, 5.41) is 0. The van der Waals surface area contributed by atoms with Gasteiger partial charge in [0, 0.05) is 51.2 Å². The molecule has 0 atom stereocenters. The second-order valence-corrected chi connectivity index (χ2v) is 5.99. The molecule has 1 heterocycles. The Morgan fingerprint density at radius 1 is 1.16 bits per heavy atom. The highest BCUT2D eigenvalue weighted by atomic mass is 32.2. The Kier molecular flexibility index (Phi) is 5.73. The third kappa shape index (κ3) is 4.88. The number of carbonyl (C=O) groups is 1. The molecule has 0 bridgehead atoms. The molecule has 0 spiro atoms. The van der Waals surface area contributed by atoms with Crippen molar-refractivity contribution in [2.45, 2.75) is 12.7 Å². The highest BCUT2D eigenvalue weighted by Crippen LogP contribution is 2.12. The molecule has 2 rings (SSSR count). The van der Waals surface area contributed by atoms with Crippen molar-refractivity contribution >= 4 is 17.7 Å². The van der Waals surface area contributed by atoms with E-state index in [-0.39, 0.29) is 5.91 Å². The maximum atomic E-state index is 11.2. The predicted octanol–water partition coefficient (Wildman–Crippen LogP) is 2.08. The zero-order chi connectivity index (χ0) is 13.5. The normalized spacial score (nSPS) is 16.6. The molecule has 0 radical (unpaired) electrons. The number of hydrogen-bond donors (Lipinski definition) is 0. The molecule has 1 aliphatic rings. The van der Waals surface area contributed by atoms with Gasteiger partial charge in [-0.25, -0.2) is 0 Å². The number of thioether (sulfide) groups is 1. The molecule has 19 heavy (non-hydrogen) atoms. The van der Waals surface area contributed by atoms with Crippen molar-refractivity contribution in [2.75, 3.05) is 38.5 Å². The lowest BCUT2D eigenvalue weighted by Crippen LogP contribution is -2.48. The molecule has 3 nitrogen and oxygen atoms in total. The summed E-state index contributed by atoms with van der Waals surface area (Å²) >= 11 is 1.98. The predicted molar refractivity (Wildman–Crippen MR) is 81.3 cm³/mol. The average Bonchev–Trinajstić information content (AvgIpc) is 2.45. The molecule has 104 valence electrons. The number of piperazine rings is 1. The summed E-state index contributed by atoms with van der Waals surface area (Å²) in [6.07, 6.45) is 0. The van der Waals surface area contributed by atoms with Crippen LogP contribution in [0.3, 0.4) is 0 Å². The Labute approximate surface area is 120 Å². The van der Waals surface area contributed by atoms with Crippen molar-refractivity contribution < 1.29 is 4.79 Å². The Balaban J connectivity index is 1.58. The van der Waals surface area contributed by atoms with E-state index < -0.39 is 0 Å². The fraction of sp³-hybridized carbons (Fsp3) is 0.533. The van der Waals surface area contributed by atoms with Gasteiger partial charge in [0.2, 0.25) is 5.91 Å². The molecule has 1 saturated heterocycles. The zero-order valence-electron chi connectivity index (χ0n) is 11.5. The summed E-state index contributed by atoms with van der Waals surface area (Å²) in [6, 6.07) is 10.6. The molecule has 0 saturated carbocycles. The number of rotatable bonds is 5. The second-order valence-electron chi connectivity index (χ2n) is 4.89. The summed E-state index contributed by atoms with van der Waals surface area (Å²) < 4.78 is 0. The number of hydrogen-bond acceptors (Lipinski definition) is 3. The van der Waals surface area contributed by atoms with Crippen LogP contribution in [0.2, 0.25) is 0 Å². The van der Waals surface area contributed by atoms with Crippen LogP contribution < -0.4 is 0 Å². The van der Waals surface area contributed by atoms with E-state index in [1.807, 2.05) is 16.7 Å². The van der Waals surface area contributed by atoms with Gasteiger partial charge in [-0.05, 0) is 5.56 Å². The minimum atomic E-state index is 0.207. The third-order valence-electron chi connectivity index (χ3n) is 3.48. The molecule has 4 heteroatoms. The van der Waals surface area contributed by atoms with Gasteiger partial charge >= 0.3 is 0 Å². The van der Waals surface area contributed by atoms with Crippen LogP contribution in [-0.2, 0) is 10.5 Å². The highest BCUT2D eigenvalue weighted by Gasteiger charge is 2.17. The van der Waals surface area contributed by atoms with Gasteiger partial charge in [0.15, 0.2) is 0 Å². The molecule has 1 aromatic carbocycles. The summed E-state index contributed by atoms with van der Waals surface area (Å²) in [5.74, 6) is 2.46. The standard InChI is InChI=1S/C15H22N2OS/c1-14(18)17-9-7-16(8-10-17)11-12-19-13-15-5-3-2-4-6-15/h2-6H,7-13H2,1H3. The third-order valence-corrected chi connectivity index (χ3v) is 4.49. The lowest BCUT2D eigenvalue weighted by molar-refractivity contribution is -0.130. The molecule has 1 aliphatic heterocycles. The fourth-order valence-electron chi connectivity index (χ4n) is 2.24. The first-order chi connectivity index (χ1) is 9.25. The quantitative estimate of drug-likeness (QED) is 0.771. The van der Waals surface area contributed by atoms with E-state index in [1.54, 1.807) is 6.92 Å². The largest absolute Gasteiger partial charge is 0.340 e. The van der Waals surface area contributed by atoms with Crippen molar-refractivity contribution in [3.63, 3.8) is 0 Å². The van der Waals surface area contributed by atoms with E-state index in [0.29, 0.717) is 0 Å². The van der Waals surface area contributed by atoms with Crippen molar-refractivity contribution in [1.29, 1.82) is 0 Å². The lowest BCUT2D eigenvalue weighted by Gasteiger charge is -2.34. The van der Waals surface area contributed by atoms with Crippen LogP contribution >= 0.6 is 11.8 Å². The van der Waals surface area contributed by atoms with Crippen LogP contribution in [0.15, 0.2) is 30.3 Å². The van der Waals surface area contributed by atoms with Crippen LogP contribution in [0, 0.1) is 0 Å². The number of nitrogens with zero attached hydrogens (tertiary/aromatic N) is 2. The first-order valence-corrected chi connectivity index (χ1v) is 8.01. The molecule has 0 N–H and O–H groups in total. The van der Waals surface area contributed by atoms with E-state index in [0.717, 1.165) is 44.2 Å². The smallest absolute Gasteiger partial charge is 0.219 e. The average molecular weight is 278 g/mol. The van der Waals surface area contributed by atoms with Crippen LogP contribution in [0.5, 0.6) is 0 Å². The van der Waals surface area contributed by atoms with Crippen LogP contribution in [-0.4, -0.2) is 54.2 Å². The van der Waals surface area contributed by atoms with Crippen molar-refractivity contribution in [1.82, 2.24) is 9.80 Å². The zero-order valence-corrected chi connectivity index (χ0v) is 12.4. The summed E-state index contributed by atoms with van der Waals surface area (Å²) in [7, 11) is 0. The van der Waals surface area contributed by atoms with E-state index in [9.17, 15) is 4.79 Å². The van der Waals surface area contributed by atoms with Gasteiger partial charge < -0.3 is 4.90 Å². The van der Waals surface area contributed by atoms with Crippen LogP contribution in [0.4, 0.5) is 0 Å². The molecule has 0 unspecified atom stereocenters. The van der Waals surface area contributed by atoms with Gasteiger partial charge in [-0.2, -0.15) is 11.8 Å². The van der Waals surface area contributed by atoms with E-state index in [2.05, 4.69) is 35.2 Å². The second kappa shape index (κ2) is 7.56. The van der Waals surface area contributed by atoms with E-state index >= 15 is 0 Å². The van der Waals surface area contributed by atoms with Gasteiger partial charge in [0.1, 0.15) is 0 Å². The lowest BCUT2D eigenvalue weighted by atomic mass is 10.2. The first kappa shape index (κ1) is 14.4. The molecular weight excluding hydrogens is 256 g/mol. The SMILES string of the molecule is CC(=O)N1CCN(CCSCc2ccccc2)CC1. The minimum Gasteiger partial charge on any atom is -0.340 e. The highest BCUT2D eigenvalue weighted by molar-refractivity contribution is 7.98. The summed E-state index contributed by atoms with van der Waals surface area (Å²) in [4.78, 5) is 15.6. The Morgan fingerprint density at radius 2 is 1.84 bits per heavy atom. The van der Waals surface area contributed by atoms with Crippen molar-refractivity contribution in [3.05, 3.63) is 35.9 Å². The Bertz CT molecular complexity index is 388. The molecule has 0 aliphatic carbocycles. The molecule has 1 fully saturated rings. The van der Waals surface area contributed by atoms with Gasteiger partial charge in [-0.1, -0.05) is 30.3 Å². The molecular formula is C15H22N2OS. The van der Waals surface area contributed by atoms with Gasteiger partial charge in [-0.3, -0.25) is 9.69 Å². The van der Waals surface area contributed by atoms with Crippen LogP contribution in [0.25, 0.3) is 0 Å². The first-order valence-electron chi connectivity index (χ1n) is 6.85. The van der Waals surface area contributed by atoms with Gasteiger partial charge in [0.05, 0.1) is 0 Å². The topological polar surface area (TPSA) is 23.6 Å². The van der Waals surface area contributed by atoms with Crippen molar-refractivity contribution in [2.24, 2.45) is 0 Å². The fourth-order valence-corrected chi connectivity index (χ4v) is 3.20. The summed E-state index contributed by atoms with van der Waals surface area (Å²) in [6.45, 7) is 6.60. The number of carbonyl (C=O) groups excluding carboxylic acids is 1. The molecule has 0 aromatic heterocycles. The van der Waals surface area contributed by atoms with Gasteiger partial charge in [-0.15, -0.1) is 0 Å². The Hall–Kier alpha value is -1.00. The van der Waals surface area contributed by atoms with Crippen molar-refractivity contribution in [3.8, 4) is 0 Å². The summed E-state index contributed by atoms with van der Waals surface area (Å²) in [5.41, 5.74) is 1.40. The maximum absolute atomic E-state index is 11.2. The van der Waals surface area contributed by atoms with Gasteiger partial charge in [0.25, 0.3) is 0 Å². The number of amides is 1.